The quantitative estimate of drug-likeness (QED) is 0.481. The summed E-state index contributed by atoms with van der Waals surface area (Å²) in [4.78, 5) is 0. The van der Waals surface area contributed by atoms with Crippen molar-refractivity contribution in [1.82, 2.24) is 0 Å². The van der Waals surface area contributed by atoms with E-state index in [4.69, 9.17) is 0 Å². The van der Waals surface area contributed by atoms with E-state index in [1.165, 1.54) is 0 Å². The number of hydrogen-bond donors (Lipinski definition) is 1. The molecule has 0 heterocycles. The van der Waals surface area contributed by atoms with E-state index < -0.39 is 17.5 Å². The van der Waals surface area contributed by atoms with Gasteiger partial charge in [-0.1, -0.05) is 0 Å². The van der Waals surface area contributed by atoms with Crippen LogP contribution in [0.2, 0.25) is 0 Å². The van der Waals surface area contributed by atoms with Gasteiger partial charge in [-0.3, -0.25) is 5.14 Å². The van der Waals surface area contributed by atoms with Crippen LogP contribution >= 0.6 is 11.9 Å². The highest BCUT2D eigenvalue weighted by Gasteiger charge is 2.25. The first-order valence-corrected chi connectivity index (χ1v) is 1.89. The second kappa shape index (κ2) is 1.70. The molecule has 0 rings (SSSR count). The molecule has 0 radical (unpaired) electrons. The first-order chi connectivity index (χ1) is 2.56. The van der Waals surface area contributed by atoms with Crippen molar-refractivity contribution in [1.29, 1.82) is 0 Å². The van der Waals surface area contributed by atoms with Crippen molar-refractivity contribution in [2.75, 3.05) is 0 Å². The lowest BCUT2D eigenvalue weighted by atomic mass is 11.6. The molecule has 0 amide bonds. The molecule has 0 saturated carbocycles. The van der Waals surface area contributed by atoms with E-state index in [-0.39, 0.29) is 0 Å². The Hall–Kier alpha value is 0.100. The molecule has 0 saturated heterocycles. The van der Waals surface area contributed by atoms with E-state index in [0.717, 1.165) is 0 Å². The maximum absolute atomic E-state index is 10.6. The maximum Gasteiger partial charge on any atom is 0.455 e. The molecule has 0 bridgehead atoms. The number of nitrogens with two attached hydrogens (primary N) is 1. The van der Waals surface area contributed by atoms with Crippen molar-refractivity contribution in [3.05, 3.63) is 0 Å². The Labute approximate surface area is 36.8 Å². The smallest absolute Gasteiger partial charge is 0.270 e. The van der Waals surface area contributed by atoms with E-state index >= 15 is 0 Å². The van der Waals surface area contributed by atoms with Gasteiger partial charge in [-0.2, -0.15) is 13.2 Å². The first-order valence-electron chi connectivity index (χ1n) is 1.01. The molecule has 0 aliphatic carbocycles. The molecule has 0 atom stereocenters. The summed E-state index contributed by atoms with van der Waals surface area (Å²) in [7, 11) is 0. The number of halogens is 3. The summed E-state index contributed by atoms with van der Waals surface area (Å²) < 4.78 is 31.9. The minimum atomic E-state index is -4.26. The van der Waals surface area contributed by atoms with Gasteiger partial charge < -0.3 is 0 Å². The molecule has 2 N–H and O–H groups in total. The van der Waals surface area contributed by atoms with E-state index in [1.807, 2.05) is 0 Å². The van der Waals surface area contributed by atoms with Crippen molar-refractivity contribution < 1.29 is 13.2 Å². The van der Waals surface area contributed by atoms with Gasteiger partial charge in [0.2, 0.25) is 0 Å². The molecule has 1 nitrogen and oxygen atoms in total. The first kappa shape index (κ1) is 6.10. The van der Waals surface area contributed by atoms with Crippen LogP contribution in [0.15, 0.2) is 0 Å². The lowest BCUT2D eigenvalue weighted by molar-refractivity contribution is -0.0328. The summed E-state index contributed by atoms with van der Waals surface area (Å²) in [5, 5.41) is 4.10. The Bertz CT molecular complexity index is 40.5. The average Bonchev–Trinajstić information content (AvgIpc) is 1.35. The van der Waals surface area contributed by atoms with Crippen molar-refractivity contribution in [3.8, 4) is 0 Å². The topological polar surface area (TPSA) is 26.0 Å². The van der Waals surface area contributed by atoms with Gasteiger partial charge in [0.15, 0.2) is 0 Å². The third-order valence-electron chi connectivity index (χ3n) is 0.134. The van der Waals surface area contributed by atoms with Crippen LogP contribution in [0, 0.1) is 0 Å². The number of hydrogen-bond acceptors (Lipinski definition) is 2. The van der Waals surface area contributed by atoms with E-state index in [2.05, 4.69) is 5.14 Å². The third-order valence-corrected chi connectivity index (χ3v) is 0.401. The van der Waals surface area contributed by atoms with Gasteiger partial charge in [-0.15, -0.1) is 0 Å². The summed E-state index contributed by atoms with van der Waals surface area (Å²) >= 11 is -0.618. The largest absolute Gasteiger partial charge is 0.455 e. The fraction of sp³-hybridized carbons (Fsp3) is 1.00. The molecule has 0 aromatic heterocycles. The van der Waals surface area contributed by atoms with E-state index in [9.17, 15) is 13.2 Å². The van der Waals surface area contributed by atoms with Crippen LogP contribution in [-0.4, -0.2) is 5.51 Å². The molecule has 0 aliphatic rings. The standard InChI is InChI=1S/CH2F3NS/c2-1(3,4)6-5/h5H2. The summed E-state index contributed by atoms with van der Waals surface area (Å²) in [5.74, 6) is 0. The molecule has 5 heteroatoms. The van der Waals surface area contributed by atoms with Crippen LogP contribution in [0.3, 0.4) is 0 Å². The van der Waals surface area contributed by atoms with Gasteiger partial charge in [0.05, 0.1) is 0 Å². The highest BCUT2D eigenvalue weighted by Crippen LogP contribution is 2.24. The minimum Gasteiger partial charge on any atom is -0.270 e. The summed E-state index contributed by atoms with van der Waals surface area (Å²) in [6.45, 7) is 0. The molecular formula is CH2F3NS. The monoisotopic (exact) mass is 117 g/mol. The van der Waals surface area contributed by atoms with Gasteiger partial charge in [-0.25, -0.2) is 0 Å². The van der Waals surface area contributed by atoms with Crippen LogP contribution < -0.4 is 5.14 Å². The third kappa shape index (κ3) is 4.10. The molecular weight excluding hydrogens is 115 g/mol. The second-order valence-electron chi connectivity index (χ2n) is 0.564. The molecule has 0 aromatic rings. The average molecular weight is 117 g/mol. The molecule has 6 heavy (non-hydrogen) atoms. The Kier molecular flexibility index (Phi) is 1.73. The van der Waals surface area contributed by atoms with Crippen molar-refractivity contribution >= 4 is 11.9 Å². The van der Waals surface area contributed by atoms with Crippen molar-refractivity contribution in [2.24, 2.45) is 5.14 Å². The lowest BCUT2D eigenvalue weighted by Gasteiger charge is -1.95. The summed E-state index contributed by atoms with van der Waals surface area (Å²) in [6.07, 6.45) is 0. The summed E-state index contributed by atoms with van der Waals surface area (Å²) in [6, 6.07) is 0. The van der Waals surface area contributed by atoms with Crippen molar-refractivity contribution in [3.63, 3.8) is 0 Å². The molecule has 0 aromatic carbocycles. The Morgan fingerprint density at radius 1 is 1.33 bits per heavy atom. The molecule has 0 fully saturated rings. The molecule has 38 valence electrons. The van der Waals surface area contributed by atoms with E-state index in [1.54, 1.807) is 0 Å². The fourth-order valence-corrected chi connectivity index (χ4v) is 0. The normalized spacial score (nSPS) is 12.0. The number of alkyl halides is 3. The lowest BCUT2D eigenvalue weighted by Crippen LogP contribution is -2.03. The van der Waals surface area contributed by atoms with Crippen LogP contribution in [0.1, 0.15) is 0 Å². The fourth-order valence-electron chi connectivity index (χ4n) is 0. The van der Waals surface area contributed by atoms with Gasteiger partial charge >= 0.3 is 5.51 Å². The molecule has 0 aliphatic heterocycles. The molecule has 0 unspecified atom stereocenters. The second-order valence-corrected chi connectivity index (χ2v) is 1.26. The van der Waals surface area contributed by atoms with Crippen LogP contribution in [0.25, 0.3) is 0 Å². The Balaban J connectivity index is 3.17. The molecule has 0 spiro atoms. The van der Waals surface area contributed by atoms with E-state index in [0.29, 0.717) is 0 Å². The maximum atomic E-state index is 10.6. The number of rotatable bonds is 0. The van der Waals surface area contributed by atoms with Gasteiger partial charge in [0, 0.05) is 11.9 Å². The minimum absolute atomic E-state index is 0.618. The Morgan fingerprint density at radius 2 is 1.50 bits per heavy atom. The van der Waals surface area contributed by atoms with Gasteiger partial charge in [0.1, 0.15) is 0 Å². The van der Waals surface area contributed by atoms with Crippen LogP contribution in [0.4, 0.5) is 13.2 Å². The van der Waals surface area contributed by atoms with Crippen LogP contribution in [-0.2, 0) is 0 Å². The van der Waals surface area contributed by atoms with Crippen molar-refractivity contribution in [2.45, 2.75) is 5.51 Å². The summed E-state index contributed by atoms with van der Waals surface area (Å²) in [5.41, 5.74) is -4.26. The zero-order chi connectivity index (χ0) is 5.21. The van der Waals surface area contributed by atoms with Gasteiger partial charge in [0.25, 0.3) is 0 Å². The predicted octanol–water partition coefficient (Wildman–Crippen LogP) is 1.11. The van der Waals surface area contributed by atoms with Crippen LogP contribution in [0.5, 0.6) is 0 Å². The van der Waals surface area contributed by atoms with Gasteiger partial charge in [-0.05, 0) is 0 Å². The zero-order valence-corrected chi connectivity index (χ0v) is 3.44. The predicted molar refractivity (Wildman–Crippen MR) is 17.8 cm³/mol. The SMILES string of the molecule is NSC(F)(F)F. The highest BCUT2D eigenvalue weighted by molar-refractivity contribution is 7.97. The zero-order valence-electron chi connectivity index (χ0n) is 2.62. The Morgan fingerprint density at radius 3 is 1.50 bits per heavy atom. The highest BCUT2D eigenvalue weighted by atomic mass is 32.2.